The average Bonchev–Trinajstić information content (AvgIpc) is 3.38. The molecule has 0 saturated heterocycles. The second kappa shape index (κ2) is 7.88. The molecule has 2 aromatic heterocycles. The fraction of sp³-hybridized carbons (Fsp3) is 0.200. The van der Waals surface area contributed by atoms with Crippen LogP contribution in [0.25, 0.3) is 27.9 Å². The lowest BCUT2D eigenvalue weighted by Gasteiger charge is -2.17. The van der Waals surface area contributed by atoms with Crippen molar-refractivity contribution < 1.29 is 14.6 Å². The number of fused-ring (bicyclic) bond motifs is 4. The van der Waals surface area contributed by atoms with Crippen molar-refractivity contribution in [3.05, 3.63) is 65.5 Å². The van der Waals surface area contributed by atoms with E-state index in [1.165, 1.54) is 6.08 Å². The zero-order chi connectivity index (χ0) is 22.4. The number of methoxy groups -OCH3 is 1. The molecule has 0 radical (unpaired) electrons. The molecule has 1 aliphatic rings. The van der Waals surface area contributed by atoms with E-state index >= 15 is 0 Å². The fourth-order valence-electron chi connectivity index (χ4n) is 4.50. The maximum absolute atomic E-state index is 13.2. The maximum Gasteiger partial charge on any atom is 0.251 e. The minimum Gasteiger partial charge on any atom is -0.507 e. The van der Waals surface area contributed by atoms with Crippen LogP contribution in [0.5, 0.6) is 11.5 Å². The Hall–Kier alpha value is -3.51. The molecule has 0 fully saturated rings. The van der Waals surface area contributed by atoms with Gasteiger partial charge in [0.15, 0.2) is 0 Å². The number of anilines is 1. The van der Waals surface area contributed by atoms with Crippen molar-refractivity contribution in [1.29, 1.82) is 0 Å². The second-order valence-corrected chi connectivity index (χ2v) is 8.31. The van der Waals surface area contributed by atoms with E-state index in [1.54, 1.807) is 30.3 Å². The van der Waals surface area contributed by atoms with E-state index in [1.807, 2.05) is 37.3 Å². The molecule has 2 N–H and O–H groups in total. The summed E-state index contributed by atoms with van der Waals surface area (Å²) >= 11 is 6.30. The van der Waals surface area contributed by atoms with Gasteiger partial charge in [-0.1, -0.05) is 18.2 Å². The quantitative estimate of drug-likeness (QED) is 0.336. The summed E-state index contributed by atoms with van der Waals surface area (Å²) in [6.07, 6.45) is 4.90. The molecule has 3 heterocycles. The Morgan fingerprint density at radius 2 is 2.22 bits per heavy atom. The Labute approximate surface area is 190 Å². The Morgan fingerprint density at radius 3 is 3.00 bits per heavy atom. The number of ether oxygens (including phenoxy) is 1. The molecule has 1 atom stereocenters. The first-order valence-corrected chi connectivity index (χ1v) is 10.9. The zero-order valence-corrected chi connectivity index (χ0v) is 18.5. The van der Waals surface area contributed by atoms with Crippen LogP contribution in [-0.2, 0) is 4.79 Å². The lowest BCUT2D eigenvalue weighted by atomic mass is 9.92. The highest BCUT2D eigenvalue weighted by molar-refractivity contribution is 6.19. The average molecular weight is 448 g/mol. The number of aromatic amines is 1. The van der Waals surface area contributed by atoms with Gasteiger partial charge in [-0.15, -0.1) is 11.6 Å². The molecule has 1 aliphatic heterocycles. The number of carbonyl (C=O) groups is 1. The summed E-state index contributed by atoms with van der Waals surface area (Å²) in [5.41, 5.74) is 4.27. The number of halogens is 1. The number of aromatic hydroxyl groups is 1. The van der Waals surface area contributed by atoms with Gasteiger partial charge in [-0.25, -0.2) is 4.98 Å². The van der Waals surface area contributed by atoms with Gasteiger partial charge in [0.1, 0.15) is 17.1 Å². The Kier molecular flexibility index (Phi) is 5.02. The van der Waals surface area contributed by atoms with Crippen molar-refractivity contribution in [3.8, 4) is 11.5 Å². The van der Waals surface area contributed by atoms with Crippen LogP contribution in [0.4, 0.5) is 5.69 Å². The van der Waals surface area contributed by atoms with Crippen LogP contribution in [0.1, 0.15) is 22.7 Å². The zero-order valence-electron chi connectivity index (χ0n) is 17.7. The van der Waals surface area contributed by atoms with Crippen LogP contribution >= 0.6 is 11.6 Å². The van der Waals surface area contributed by atoms with Gasteiger partial charge in [0.05, 0.1) is 19.0 Å². The standard InChI is InChI=1S/C25H22ClN3O3/c1-14-4-3-5-19-21(30)10-20-24(23(14)19)16(11-26)13-29(20)22(31)7-6-17-8-15-9-18(32-2)12-27-25(15)28-17/h3-10,12,16,30H,11,13H2,1-2H3,(H,27,28)/b7-6+/t16-/m1/s1. The molecule has 4 aromatic rings. The molecule has 162 valence electrons. The van der Waals surface area contributed by atoms with E-state index in [-0.39, 0.29) is 17.6 Å². The number of pyridine rings is 1. The number of aryl methyl sites for hydroxylation is 1. The van der Waals surface area contributed by atoms with Crippen LogP contribution in [0, 0.1) is 6.92 Å². The molecule has 1 amide bonds. The monoisotopic (exact) mass is 447 g/mol. The van der Waals surface area contributed by atoms with Crippen molar-refractivity contribution in [2.24, 2.45) is 0 Å². The molecule has 7 heteroatoms. The van der Waals surface area contributed by atoms with E-state index in [0.29, 0.717) is 23.9 Å². The molecule has 2 aromatic carbocycles. The molecule has 0 spiro atoms. The number of phenols is 1. The molecular formula is C25H22ClN3O3. The van der Waals surface area contributed by atoms with Gasteiger partial charge < -0.3 is 19.7 Å². The largest absolute Gasteiger partial charge is 0.507 e. The van der Waals surface area contributed by atoms with E-state index in [2.05, 4.69) is 9.97 Å². The van der Waals surface area contributed by atoms with Crippen molar-refractivity contribution in [1.82, 2.24) is 9.97 Å². The smallest absolute Gasteiger partial charge is 0.251 e. The third-order valence-electron chi connectivity index (χ3n) is 6.03. The van der Waals surface area contributed by atoms with Crippen molar-refractivity contribution in [2.45, 2.75) is 12.8 Å². The normalized spacial score (nSPS) is 15.7. The van der Waals surface area contributed by atoms with E-state index in [0.717, 1.165) is 38.6 Å². The van der Waals surface area contributed by atoms with E-state index in [4.69, 9.17) is 16.3 Å². The SMILES string of the molecule is COc1cnc2[nH]c(/C=C/C(=O)N3C[C@@H](CCl)c4c3cc(O)c3cccc(C)c43)cc2c1. The van der Waals surface area contributed by atoms with Gasteiger partial charge in [-0.3, -0.25) is 4.79 Å². The Morgan fingerprint density at radius 1 is 1.38 bits per heavy atom. The first-order valence-electron chi connectivity index (χ1n) is 10.3. The van der Waals surface area contributed by atoms with E-state index < -0.39 is 0 Å². The van der Waals surface area contributed by atoms with Crippen LogP contribution in [-0.4, -0.2) is 40.5 Å². The molecule has 0 aliphatic carbocycles. The van der Waals surface area contributed by atoms with Crippen molar-refractivity contribution in [2.75, 3.05) is 24.4 Å². The van der Waals surface area contributed by atoms with Crippen LogP contribution in [0.3, 0.4) is 0 Å². The number of hydrogen-bond acceptors (Lipinski definition) is 4. The molecule has 32 heavy (non-hydrogen) atoms. The van der Waals surface area contributed by atoms with Gasteiger partial charge >= 0.3 is 0 Å². The second-order valence-electron chi connectivity index (χ2n) is 8.00. The third kappa shape index (κ3) is 3.28. The lowest BCUT2D eigenvalue weighted by Crippen LogP contribution is -2.28. The Bertz CT molecular complexity index is 1390. The molecule has 0 saturated carbocycles. The number of rotatable bonds is 4. The summed E-state index contributed by atoms with van der Waals surface area (Å²) in [5.74, 6) is 1.05. The molecular weight excluding hydrogens is 426 g/mol. The number of aromatic nitrogens is 2. The van der Waals surface area contributed by atoms with Gasteiger partial charge in [0, 0.05) is 47.0 Å². The number of benzene rings is 2. The van der Waals surface area contributed by atoms with Gasteiger partial charge in [0.2, 0.25) is 0 Å². The lowest BCUT2D eigenvalue weighted by molar-refractivity contribution is -0.114. The number of carbonyl (C=O) groups excluding carboxylic acids is 1. The number of nitrogens with zero attached hydrogens (tertiary/aromatic N) is 2. The first kappa shape index (κ1) is 20.4. The summed E-state index contributed by atoms with van der Waals surface area (Å²) in [7, 11) is 1.60. The number of alkyl halides is 1. The summed E-state index contributed by atoms with van der Waals surface area (Å²) in [5, 5.41) is 13.3. The topological polar surface area (TPSA) is 78.5 Å². The molecule has 6 nitrogen and oxygen atoms in total. The number of H-pyrrole nitrogens is 1. The van der Waals surface area contributed by atoms with Crippen molar-refractivity contribution >= 4 is 51.1 Å². The van der Waals surface area contributed by atoms with E-state index in [9.17, 15) is 9.90 Å². The molecule has 5 rings (SSSR count). The number of phenolic OH excluding ortho intramolecular Hbond substituents is 1. The molecule has 0 bridgehead atoms. The number of hydrogen-bond donors (Lipinski definition) is 2. The summed E-state index contributed by atoms with van der Waals surface area (Å²) < 4.78 is 5.21. The van der Waals surface area contributed by atoms with Crippen molar-refractivity contribution in [3.63, 3.8) is 0 Å². The fourth-order valence-corrected chi connectivity index (χ4v) is 4.75. The van der Waals surface area contributed by atoms with Crippen LogP contribution in [0.15, 0.2) is 48.7 Å². The minimum atomic E-state index is -0.171. The number of amides is 1. The predicted molar refractivity (Wildman–Crippen MR) is 128 cm³/mol. The van der Waals surface area contributed by atoms with Gasteiger partial charge in [-0.05, 0) is 41.6 Å². The third-order valence-corrected chi connectivity index (χ3v) is 6.40. The highest BCUT2D eigenvalue weighted by Crippen LogP contribution is 2.46. The first-order chi connectivity index (χ1) is 15.5. The highest BCUT2D eigenvalue weighted by atomic mass is 35.5. The van der Waals surface area contributed by atoms with Gasteiger partial charge in [-0.2, -0.15) is 0 Å². The molecule has 0 unspecified atom stereocenters. The number of nitrogens with one attached hydrogen (secondary N) is 1. The van der Waals surface area contributed by atoms with Crippen LogP contribution < -0.4 is 9.64 Å². The van der Waals surface area contributed by atoms with Crippen LogP contribution in [0.2, 0.25) is 0 Å². The maximum atomic E-state index is 13.2. The summed E-state index contributed by atoms with van der Waals surface area (Å²) in [6, 6.07) is 11.3. The summed E-state index contributed by atoms with van der Waals surface area (Å²) in [4.78, 5) is 22.4. The summed E-state index contributed by atoms with van der Waals surface area (Å²) in [6.45, 7) is 2.48. The minimum absolute atomic E-state index is 0.00189. The predicted octanol–water partition coefficient (Wildman–Crippen LogP) is 5.12. The van der Waals surface area contributed by atoms with Gasteiger partial charge in [0.25, 0.3) is 5.91 Å². The highest BCUT2D eigenvalue weighted by Gasteiger charge is 2.34. The Balaban J connectivity index is 1.51.